The highest BCUT2D eigenvalue weighted by atomic mass is 31.2. The maximum Gasteiger partial charge on any atom is 0.306 e. The summed E-state index contributed by atoms with van der Waals surface area (Å²) >= 11 is 0. The molecular weight excluding hydrogens is 818 g/mol. The van der Waals surface area contributed by atoms with Crippen LogP contribution in [0.2, 0.25) is 0 Å². The molecule has 0 rings (SSSR count). The van der Waals surface area contributed by atoms with Gasteiger partial charge in [0.1, 0.15) is 19.3 Å². The van der Waals surface area contributed by atoms with Gasteiger partial charge in [-0.15, -0.1) is 0 Å². The molecule has 0 N–H and O–H groups in total. The van der Waals surface area contributed by atoms with Gasteiger partial charge >= 0.3 is 5.97 Å². The molecule has 0 radical (unpaired) electrons. The maximum absolute atomic E-state index is 12.8. The highest BCUT2D eigenvalue weighted by Crippen LogP contribution is 2.38. The van der Waals surface area contributed by atoms with E-state index in [2.05, 4.69) is 13.8 Å². The zero-order chi connectivity index (χ0) is 46.9. The normalized spacial score (nSPS) is 13.4. The Labute approximate surface area is 399 Å². The smallest absolute Gasteiger partial charge is 0.306 e. The molecule has 2 atom stereocenters. The quantitative estimate of drug-likeness (QED) is 0.0259. The summed E-state index contributed by atoms with van der Waals surface area (Å²) < 4.78 is 34.8. The molecule has 9 heteroatoms. The monoisotopic (exact) mass is 930 g/mol. The van der Waals surface area contributed by atoms with Gasteiger partial charge in [-0.1, -0.05) is 271 Å². The average molecular weight is 930 g/mol. The van der Waals surface area contributed by atoms with Crippen molar-refractivity contribution in [2.24, 2.45) is 0 Å². The van der Waals surface area contributed by atoms with Gasteiger partial charge in [-0.3, -0.25) is 9.36 Å². The number of carbonyl (C=O) groups excluding carboxylic acids is 1. The van der Waals surface area contributed by atoms with E-state index in [1.54, 1.807) is 0 Å². The number of hydrogen-bond acceptors (Lipinski definition) is 7. The van der Waals surface area contributed by atoms with E-state index >= 15 is 0 Å². The van der Waals surface area contributed by atoms with Crippen LogP contribution in [0.25, 0.3) is 0 Å². The summed E-state index contributed by atoms with van der Waals surface area (Å²) in [7, 11) is 1.38. The van der Waals surface area contributed by atoms with Gasteiger partial charge in [0.25, 0.3) is 7.82 Å². The zero-order valence-electron chi connectivity index (χ0n) is 43.8. The minimum atomic E-state index is -4.52. The van der Waals surface area contributed by atoms with E-state index in [-0.39, 0.29) is 25.8 Å². The molecule has 384 valence electrons. The van der Waals surface area contributed by atoms with Crippen molar-refractivity contribution in [3.05, 3.63) is 0 Å². The molecule has 0 heterocycles. The highest BCUT2D eigenvalue weighted by molar-refractivity contribution is 7.45. The molecular formula is C55H112NO7P. The molecule has 0 aliphatic carbocycles. The van der Waals surface area contributed by atoms with E-state index < -0.39 is 13.9 Å². The van der Waals surface area contributed by atoms with Crippen molar-refractivity contribution >= 4 is 13.8 Å². The zero-order valence-corrected chi connectivity index (χ0v) is 44.7. The van der Waals surface area contributed by atoms with Crippen LogP contribution in [-0.2, 0) is 27.9 Å². The standard InChI is InChI=1S/C55H112NO7P/c1-6-8-10-12-14-16-18-20-22-24-25-26-27-28-29-30-31-33-35-37-39-41-43-45-47-50-60-52-54(53-62-64(58,59)61-51-49-56(3,4)5)63-55(57)48-46-44-42-40-38-36-34-32-23-21-19-17-15-13-11-9-7-2/h54H,6-53H2,1-5H3. The van der Waals surface area contributed by atoms with Crippen molar-refractivity contribution in [2.45, 2.75) is 296 Å². The van der Waals surface area contributed by atoms with Crippen molar-refractivity contribution in [3.63, 3.8) is 0 Å². The summed E-state index contributed by atoms with van der Waals surface area (Å²) in [4.78, 5) is 25.2. The third kappa shape index (κ3) is 52.5. The second kappa shape index (κ2) is 48.9. The van der Waals surface area contributed by atoms with E-state index in [0.717, 1.165) is 32.1 Å². The minimum Gasteiger partial charge on any atom is -0.756 e. The number of ether oxygens (including phenoxy) is 2. The van der Waals surface area contributed by atoms with Crippen LogP contribution in [0.4, 0.5) is 0 Å². The fourth-order valence-electron chi connectivity index (χ4n) is 8.55. The molecule has 0 aromatic rings. The van der Waals surface area contributed by atoms with Crippen LogP contribution < -0.4 is 4.89 Å². The Morgan fingerprint density at radius 2 is 0.719 bits per heavy atom. The molecule has 2 unspecified atom stereocenters. The van der Waals surface area contributed by atoms with Gasteiger partial charge in [0.2, 0.25) is 0 Å². The van der Waals surface area contributed by atoms with Crippen molar-refractivity contribution < 1.29 is 37.3 Å². The number of phosphoric ester groups is 1. The van der Waals surface area contributed by atoms with Gasteiger partial charge in [-0.25, -0.2) is 0 Å². The van der Waals surface area contributed by atoms with E-state index in [0.29, 0.717) is 24.1 Å². The first-order valence-electron chi connectivity index (χ1n) is 28.3. The van der Waals surface area contributed by atoms with Crippen LogP contribution >= 0.6 is 7.82 Å². The Kier molecular flexibility index (Phi) is 48.6. The fourth-order valence-corrected chi connectivity index (χ4v) is 9.28. The van der Waals surface area contributed by atoms with E-state index in [1.165, 1.54) is 238 Å². The molecule has 0 aromatic carbocycles. The first kappa shape index (κ1) is 63.5. The summed E-state index contributed by atoms with van der Waals surface area (Å²) in [6.07, 6.45) is 55.7. The summed E-state index contributed by atoms with van der Waals surface area (Å²) in [5, 5.41) is 0. The van der Waals surface area contributed by atoms with Crippen LogP contribution in [0.3, 0.4) is 0 Å². The molecule has 0 saturated carbocycles. The highest BCUT2D eigenvalue weighted by Gasteiger charge is 2.20. The Morgan fingerprint density at radius 3 is 1.03 bits per heavy atom. The van der Waals surface area contributed by atoms with Gasteiger partial charge in [-0.2, -0.15) is 0 Å². The second-order valence-electron chi connectivity index (χ2n) is 20.7. The maximum atomic E-state index is 12.8. The van der Waals surface area contributed by atoms with Gasteiger partial charge in [0.05, 0.1) is 34.4 Å². The third-order valence-corrected chi connectivity index (χ3v) is 13.9. The summed E-state index contributed by atoms with van der Waals surface area (Å²) in [6.45, 7) is 5.50. The largest absolute Gasteiger partial charge is 0.756 e. The molecule has 0 saturated heterocycles. The number of quaternary nitrogens is 1. The number of unbranched alkanes of at least 4 members (excludes halogenated alkanes) is 40. The molecule has 0 bridgehead atoms. The minimum absolute atomic E-state index is 0.0319. The predicted molar refractivity (Wildman–Crippen MR) is 273 cm³/mol. The van der Waals surface area contributed by atoms with Crippen LogP contribution in [0, 0.1) is 0 Å². The lowest BCUT2D eigenvalue weighted by Crippen LogP contribution is -2.37. The van der Waals surface area contributed by atoms with Crippen LogP contribution in [0.1, 0.15) is 290 Å². The number of carbonyl (C=O) groups is 1. The first-order valence-corrected chi connectivity index (χ1v) is 29.7. The van der Waals surface area contributed by atoms with Gasteiger partial charge in [0.15, 0.2) is 0 Å². The van der Waals surface area contributed by atoms with Crippen LogP contribution in [0.15, 0.2) is 0 Å². The molecule has 8 nitrogen and oxygen atoms in total. The third-order valence-electron chi connectivity index (χ3n) is 12.9. The second-order valence-corrected chi connectivity index (χ2v) is 22.1. The number of nitrogens with zero attached hydrogens (tertiary/aromatic N) is 1. The molecule has 0 aliphatic rings. The molecule has 0 spiro atoms. The lowest BCUT2D eigenvalue weighted by molar-refractivity contribution is -0.870. The summed E-state index contributed by atoms with van der Waals surface area (Å²) in [5.41, 5.74) is 0. The van der Waals surface area contributed by atoms with Crippen molar-refractivity contribution in [1.29, 1.82) is 0 Å². The summed E-state index contributed by atoms with van der Waals surface area (Å²) in [5.74, 6) is -0.324. The van der Waals surface area contributed by atoms with Crippen LogP contribution in [-0.4, -0.2) is 70.7 Å². The average Bonchev–Trinajstić information content (AvgIpc) is 3.25. The number of hydrogen-bond donors (Lipinski definition) is 0. The first-order chi connectivity index (χ1) is 31.1. The number of phosphoric acid groups is 1. The fraction of sp³-hybridized carbons (Fsp3) is 0.982. The number of rotatable bonds is 54. The van der Waals surface area contributed by atoms with Crippen molar-refractivity contribution in [1.82, 2.24) is 0 Å². The van der Waals surface area contributed by atoms with E-state index in [1.807, 2.05) is 21.1 Å². The van der Waals surface area contributed by atoms with Gasteiger partial charge in [0, 0.05) is 13.0 Å². The van der Waals surface area contributed by atoms with Crippen molar-refractivity contribution in [3.8, 4) is 0 Å². The van der Waals surface area contributed by atoms with E-state index in [4.69, 9.17) is 18.5 Å². The lowest BCUT2D eigenvalue weighted by atomic mass is 10.0. The van der Waals surface area contributed by atoms with Gasteiger partial charge < -0.3 is 27.9 Å². The Morgan fingerprint density at radius 1 is 0.422 bits per heavy atom. The number of esters is 1. The lowest BCUT2D eigenvalue weighted by Gasteiger charge is -2.28. The summed E-state index contributed by atoms with van der Waals surface area (Å²) in [6, 6.07) is 0. The Hall–Kier alpha value is -0.500. The molecule has 0 amide bonds. The molecule has 0 aliphatic heterocycles. The van der Waals surface area contributed by atoms with E-state index in [9.17, 15) is 14.3 Å². The molecule has 0 fully saturated rings. The topological polar surface area (TPSA) is 94.1 Å². The Bertz CT molecular complexity index is 992. The molecule has 0 aromatic heterocycles. The SMILES string of the molecule is CCCCCCCCCCCCCCCCCCCCCCCCCCCOCC(COP(=O)([O-])OCC[N+](C)(C)C)OC(=O)CCCCCCCCCCCCCCCCCCC. The van der Waals surface area contributed by atoms with Crippen molar-refractivity contribution in [2.75, 3.05) is 54.1 Å². The number of likely N-dealkylation sites (N-methyl/N-ethyl adjacent to an activating group) is 1. The predicted octanol–water partition coefficient (Wildman–Crippen LogP) is 16.9. The van der Waals surface area contributed by atoms with Gasteiger partial charge in [-0.05, 0) is 12.8 Å². The van der Waals surface area contributed by atoms with Crippen LogP contribution in [0.5, 0.6) is 0 Å². The Balaban J connectivity index is 3.99. The molecule has 64 heavy (non-hydrogen) atoms.